The van der Waals surface area contributed by atoms with Crippen molar-refractivity contribution in [3.63, 3.8) is 0 Å². The first-order chi connectivity index (χ1) is 8.24. The molecule has 2 nitrogen and oxygen atoms in total. The van der Waals surface area contributed by atoms with Crippen molar-refractivity contribution < 1.29 is 4.74 Å². The normalized spacial score (nSPS) is 10.8. The van der Waals surface area contributed by atoms with Crippen LogP contribution >= 0.6 is 0 Å². The van der Waals surface area contributed by atoms with Gasteiger partial charge >= 0.3 is 0 Å². The summed E-state index contributed by atoms with van der Waals surface area (Å²) in [6.07, 6.45) is 2.47. The van der Waals surface area contributed by atoms with E-state index >= 15 is 0 Å². The molecule has 0 aliphatic heterocycles. The van der Waals surface area contributed by atoms with Crippen LogP contribution in [0.4, 0.5) is 0 Å². The Morgan fingerprint density at radius 3 is 2.71 bits per heavy atom. The number of unbranched alkanes of at least 4 members (excludes halogenated alkanes) is 1. The van der Waals surface area contributed by atoms with Crippen LogP contribution in [0.2, 0.25) is 0 Å². The van der Waals surface area contributed by atoms with Crippen molar-refractivity contribution >= 4 is 0 Å². The maximum absolute atomic E-state index is 5.82. The number of hydrogen-bond donors (Lipinski definition) is 1. The Morgan fingerprint density at radius 2 is 2.00 bits per heavy atom. The lowest BCUT2D eigenvalue weighted by Gasteiger charge is -2.13. The van der Waals surface area contributed by atoms with Gasteiger partial charge in [0.05, 0.1) is 6.61 Å². The van der Waals surface area contributed by atoms with Gasteiger partial charge in [0.1, 0.15) is 5.75 Å². The second kappa shape index (κ2) is 8.13. The van der Waals surface area contributed by atoms with E-state index < -0.39 is 0 Å². The summed E-state index contributed by atoms with van der Waals surface area (Å²) < 4.78 is 5.82. The second-order valence-electron chi connectivity index (χ2n) is 4.84. The maximum Gasteiger partial charge on any atom is 0.123 e. The number of benzene rings is 1. The third kappa shape index (κ3) is 5.73. The van der Waals surface area contributed by atoms with Gasteiger partial charge in [-0.3, -0.25) is 0 Å². The fourth-order valence-electron chi connectivity index (χ4n) is 1.57. The third-order valence-electron chi connectivity index (χ3n) is 2.57. The van der Waals surface area contributed by atoms with Gasteiger partial charge in [-0.05, 0) is 24.9 Å². The molecule has 1 aromatic carbocycles. The summed E-state index contributed by atoms with van der Waals surface area (Å²) in [4.78, 5) is 0. The summed E-state index contributed by atoms with van der Waals surface area (Å²) >= 11 is 0. The number of ether oxygens (including phenoxy) is 1. The topological polar surface area (TPSA) is 21.3 Å². The van der Waals surface area contributed by atoms with Crippen LogP contribution in [0.5, 0.6) is 5.75 Å². The molecule has 0 saturated carbocycles. The quantitative estimate of drug-likeness (QED) is 0.695. The minimum Gasteiger partial charge on any atom is -0.493 e. The summed E-state index contributed by atoms with van der Waals surface area (Å²) in [5.74, 6) is 1.58. The van der Waals surface area contributed by atoms with Crippen LogP contribution in [0, 0.1) is 5.92 Å². The second-order valence-corrected chi connectivity index (χ2v) is 4.84. The zero-order valence-electron chi connectivity index (χ0n) is 11.3. The molecule has 0 fully saturated rings. The van der Waals surface area contributed by atoms with E-state index in [-0.39, 0.29) is 0 Å². The standard InChI is InChI=1S/C15H25NO/c1-4-5-10-16-11-14-8-6-7-9-15(14)17-12-13(2)3/h6-9,13,16H,4-5,10-12H2,1-3H3. The predicted molar refractivity (Wildman–Crippen MR) is 73.4 cm³/mol. The average molecular weight is 235 g/mol. The van der Waals surface area contributed by atoms with E-state index in [0.29, 0.717) is 5.92 Å². The van der Waals surface area contributed by atoms with Gasteiger partial charge < -0.3 is 10.1 Å². The summed E-state index contributed by atoms with van der Waals surface area (Å²) in [6.45, 7) is 9.31. The number of rotatable bonds is 8. The van der Waals surface area contributed by atoms with Crippen LogP contribution in [0.3, 0.4) is 0 Å². The first kappa shape index (κ1) is 14.0. The lowest BCUT2D eigenvalue weighted by Crippen LogP contribution is -2.15. The van der Waals surface area contributed by atoms with Crippen molar-refractivity contribution in [2.45, 2.75) is 40.2 Å². The Morgan fingerprint density at radius 1 is 1.24 bits per heavy atom. The first-order valence-corrected chi connectivity index (χ1v) is 6.65. The van der Waals surface area contributed by atoms with Crippen molar-refractivity contribution in [2.75, 3.05) is 13.2 Å². The van der Waals surface area contributed by atoms with Crippen molar-refractivity contribution in [3.05, 3.63) is 29.8 Å². The van der Waals surface area contributed by atoms with Gasteiger partial charge in [-0.25, -0.2) is 0 Å². The fourth-order valence-corrected chi connectivity index (χ4v) is 1.57. The Kier molecular flexibility index (Phi) is 6.71. The van der Waals surface area contributed by atoms with E-state index in [1.54, 1.807) is 0 Å². The summed E-state index contributed by atoms with van der Waals surface area (Å²) in [7, 11) is 0. The minimum atomic E-state index is 0.566. The number of hydrogen-bond acceptors (Lipinski definition) is 2. The Balaban J connectivity index is 2.46. The molecule has 1 aromatic rings. The van der Waals surface area contributed by atoms with Crippen LogP contribution in [0.1, 0.15) is 39.2 Å². The van der Waals surface area contributed by atoms with Crippen molar-refractivity contribution in [2.24, 2.45) is 5.92 Å². The Bertz CT molecular complexity index is 310. The van der Waals surface area contributed by atoms with Crippen molar-refractivity contribution in [3.8, 4) is 5.75 Å². The Labute approximate surface area is 105 Å². The van der Waals surface area contributed by atoms with Gasteiger partial charge in [-0.2, -0.15) is 0 Å². The molecule has 0 aliphatic rings. The van der Waals surface area contributed by atoms with Crippen LogP contribution in [-0.2, 0) is 6.54 Å². The zero-order valence-corrected chi connectivity index (χ0v) is 11.3. The van der Waals surface area contributed by atoms with E-state index in [9.17, 15) is 0 Å². The lowest BCUT2D eigenvalue weighted by atomic mass is 10.2. The van der Waals surface area contributed by atoms with Crippen LogP contribution < -0.4 is 10.1 Å². The molecular formula is C15H25NO. The highest BCUT2D eigenvalue weighted by atomic mass is 16.5. The summed E-state index contributed by atoms with van der Waals surface area (Å²) in [5.41, 5.74) is 1.25. The van der Waals surface area contributed by atoms with E-state index in [4.69, 9.17) is 4.74 Å². The molecule has 1 N–H and O–H groups in total. The highest BCUT2D eigenvalue weighted by Gasteiger charge is 2.03. The van der Waals surface area contributed by atoms with Crippen LogP contribution in [-0.4, -0.2) is 13.2 Å². The summed E-state index contributed by atoms with van der Waals surface area (Å²) in [5, 5.41) is 3.45. The summed E-state index contributed by atoms with van der Waals surface area (Å²) in [6, 6.07) is 8.29. The molecule has 0 bridgehead atoms. The number of nitrogens with one attached hydrogen (secondary N) is 1. The highest BCUT2D eigenvalue weighted by Crippen LogP contribution is 2.18. The van der Waals surface area contributed by atoms with Gasteiger partial charge in [0.25, 0.3) is 0 Å². The highest BCUT2D eigenvalue weighted by molar-refractivity contribution is 5.33. The smallest absolute Gasteiger partial charge is 0.123 e. The first-order valence-electron chi connectivity index (χ1n) is 6.65. The molecule has 2 heteroatoms. The SMILES string of the molecule is CCCCNCc1ccccc1OCC(C)C. The molecule has 0 unspecified atom stereocenters. The molecule has 0 amide bonds. The zero-order chi connectivity index (χ0) is 12.5. The van der Waals surface area contributed by atoms with Gasteiger partial charge in [-0.15, -0.1) is 0 Å². The van der Waals surface area contributed by atoms with E-state index in [2.05, 4.69) is 44.3 Å². The maximum atomic E-state index is 5.82. The van der Waals surface area contributed by atoms with Gasteiger partial charge in [0, 0.05) is 12.1 Å². The molecular weight excluding hydrogens is 210 g/mol. The molecule has 0 radical (unpaired) electrons. The number of para-hydroxylation sites is 1. The monoisotopic (exact) mass is 235 g/mol. The molecule has 0 aliphatic carbocycles. The van der Waals surface area contributed by atoms with Crippen LogP contribution in [0.25, 0.3) is 0 Å². The predicted octanol–water partition coefficient (Wildman–Crippen LogP) is 3.61. The third-order valence-corrected chi connectivity index (χ3v) is 2.57. The van der Waals surface area contributed by atoms with E-state index in [0.717, 1.165) is 25.4 Å². The fraction of sp³-hybridized carbons (Fsp3) is 0.600. The van der Waals surface area contributed by atoms with Crippen LogP contribution in [0.15, 0.2) is 24.3 Å². The molecule has 0 saturated heterocycles. The molecule has 1 rings (SSSR count). The minimum absolute atomic E-state index is 0.566. The van der Waals surface area contributed by atoms with Crippen molar-refractivity contribution in [1.29, 1.82) is 0 Å². The molecule has 0 heterocycles. The largest absolute Gasteiger partial charge is 0.493 e. The molecule has 17 heavy (non-hydrogen) atoms. The molecule has 96 valence electrons. The van der Waals surface area contributed by atoms with Crippen molar-refractivity contribution in [1.82, 2.24) is 5.32 Å². The van der Waals surface area contributed by atoms with E-state index in [1.807, 2.05) is 6.07 Å². The van der Waals surface area contributed by atoms with E-state index in [1.165, 1.54) is 18.4 Å². The van der Waals surface area contributed by atoms with Gasteiger partial charge in [0.2, 0.25) is 0 Å². The lowest BCUT2D eigenvalue weighted by molar-refractivity contribution is 0.268. The van der Waals surface area contributed by atoms with Gasteiger partial charge in [0.15, 0.2) is 0 Å². The average Bonchev–Trinajstić information content (AvgIpc) is 2.33. The molecule has 0 spiro atoms. The van der Waals surface area contributed by atoms with Gasteiger partial charge in [-0.1, -0.05) is 45.4 Å². The molecule has 0 aromatic heterocycles. The Hall–Kier alpha value is -1.02. The molecule has 0 atom stereocenters.